The second-order valence-corrected chi connectivity index (χ2v) is 4.38. The largest absolute Gasteiger partial charge is 0.317 e. The van der Waals surface area contributed by atoms with Crippen LogP contribution in [-0.4, -0.2) is 22.9 Å². The quantitative estimate of drug-likeness (QED) is 0.800. The van der Waals surface area contributed by atoms with Gasteiger partial charge in [-0.3, -0.25) is 4.68 Å². The summed E-state index contributed by atoms with van der Waals surface area (Å²) in [5.41, 5.74) is 1.44. The first-order chi connectivity index (χ1) is 7.35. The van der Waals surface area contributed by atoms with E-state index in [2.05, 4.69) is 30.5 Å². The predicted octanol–water partition coefficient (Wildman–Crippen LogP) is 2.01. The van der Waals surface area contributed by atoms with Crippen molar-refractivity contribution >= 4 is 0 Å². The van der Waals surface area contributed by atoms with Crippen LogP contribution < -0.4 is 5.32 Å². The fourth-order valence-corrected chi connectivity index (χ4v) is 2.33. The van der Waals surface area contributed by atoms with Gasteiger partial charge in [-0.1, -0.05) is 6.92 Å². The first-order valence-electron chi connectivity index (χ1n) is 6.08. The van der Waals surface area contributed by atoms with Crippen molar-refractivity contribution in [3.05, 3.63) is 18.0 Å². The second-order valence-electron chi connectivity index (χ2n) is 4.38. The Morgan fingerprint density at radius 2 is 2.33 bits per heavy atom. The minimum atomic E-state index is 0.754. The number of rotatable bonds is 5. The Labute approximate surface area is 91.9 Å². The van der Waals surface area contributed by atoms with Gasteiger partial charge in [0.15, 0.2) is 0 Å². The summed E-state index contributed by atoms with van der Waals surface area (Å²) in [4.78, 5) is 0. The van der Waals surface area contributed by atoms with Gasteiger partial charge < -0.3 is 5.32 Å². The zero-order valence-electron chi connectivity index (χ0n) is 9.74. The van der Waals surface area contributed by atoms with Crippen LogP contribution in [0.3, 0.4) is 0 Å². The molecule has 0 spiro atoms. The maximum Gasteiger partial charge on any atom is 0.0524 e. The molecule has 1 aliphatic carbocycles. The summed E-state index contributed by atoms with van der Waals surface area (Å²) in [5, 5.41) is 7.79. The molecule has 2 rings (SSSR count). The average Bonchev–Trinajstić information content (AvgIpc) is 2.65. The summed E-state index contributed by atoms with van der Waals surface area (Å²) in [7, 11) is 0. The Kier molecular flexibility index (Phi) is 3.41. The molecule has 1 aromatic rings. The van der Waals surface area contributed by atoms with Gasteiger partial charge in [-0.25, -0.2) is 0 Å². The van der Waals surface area contributed by atoms with E-state index in [4.69, 9.17) is 0 Å². The Morgan fingerprint density at radius 3 is 2.87 bits per heavy atom. The first-order valence-corrected chi connectivity index (χ1v) is 6.08. The monoisotopic (exact) mass is 207 g/mol. The highest BCUT2D eigenvalue weighted by molar-refractivity contribution is 5.16. The van der Waals surface area contributed by atoms with Crippen molar-refractivity contribution in [3.8, 4) is 0 Å². The number of hydrogen-bond donors (Lipinski definition) is 1. The molecule has 0 saturated heterocycles. The molecular formula is C12H21N3. The van der Waals surface area contributed by atoms with Gasteiger partial charge in [-0.05, 0) is 50.3 Å². The van der Waals surface area contributed by atoms with E-state index in [1.807, 2.05) is 10.9 Å². The summed E-state index contributed by atoms with van der Waals surface area (Å²) in [5.74, 6) is 1.59. The van der Waals surface area contributed by atoms with E-state index >= 15 is 0 Å². The minimum Gasteiger partial charge on any atom is -0.317 e. The van der Waals surface area contributed by atoms with Gasteiger partial charge in [0.2, 0.25) is 0 Å². The van der Waals surface area contributed by atoms with Crippen molar-refractivity contribution in [2.24, 2.45) is 5.92 Å². The molecule has 15 heavy (non-hydrogen) atoms. The predicted molar refractivity (Wildman–Crippen MR) is 61.9 cm³/mol. The molecular weight excluding hydrogens is 186 g/mol. The molecule has 0 aliphatic heterocycles. The first kappa shape index (κ1) is 10.7. The SMILES string of the molecule is CCNCC1CCC1c1cnn(CC)c1. The van der Waals surface area contributed by atoms with Crippen LogP contribution in [0.2, 0.25) is 0 Å². The fraction of sp³-hybridized carbons (Fsp3) is 0.750. The second kappa shape index (κ2) is 4.79. The third-order valence-electron chi connectivity index (χ3n) is 3.48. The van der Waals surface area contributed by atoms with Gasteiger partial charge in [-0.2, -0.15) is 5.10 Å². The molecule has 2 atom stereocenters. The number of aryl methyl sites for hydroxylation is 1. The van der Waals surface area contributed by atoms with Crippen molar-refractivity contribution in [1.29, 1.82) is 0 Å². The molecule has 84 valence electrons. The third kappa shape index (κ3) is 2.23. The van der Waals surface area contributed by atoms with Crippen LogP contribution in [0.25, 0.3) is 0 Å². The van der Waals surface area contributed by atoms with Crippen LogP contribution in [0.15, 0.2) is 12.4 Å². The zero-order chi connectivity index (χ0) is 10.7. The van der Waals surface area contributed by atoms with Gasteiger partial charge >= 0.3 is 0 Å². The summed E-state index contributed by atoms with van der Waals surface area (Å²) in [6, 6.07) is 0. The highest BCUT2D eigenvalue weighted by Gasteiger charge is 2.32. The molecule has 1 heterocycles. The van der Waals surface area contributed by atoms with E-state index in [0.29, 0.717) is 0 Å². The lowest BCUT2D eigenvalue weighted by Gasteiger charge is -2.36. The number of hydrogen-bond acceptors (Lipinski definition) is 2. The van der Waals surface area contributed by atoms with E-state index in [1.165, 1.54) is 24.9 Å². The van der Waals surface area contributed by atoms with Crippen LogP contribution in [0.5, 0.6) is 0 Å². The Balaban J connectivity index is 1.93. The highest BCUT2D eigenvalue weighted by atomic mass is 15.3. The Hall–Kier alpha value is -0.830. The topological polar surface area (TPSA) is 29.9 Å². The third-order valence-corrected chi connectivity index (χ3v) is 3.48. The Morgan fingerprint density at radius 1 is 1.47 bits per heavy atom. The van der Waals surface area contributed by atoms with Gasteiger partial charge in [0.05, 0.1) is 6.20 Å². The van der Waals surface area contributed by atoms with Crippen LogP contribution in [0, 0.1) is 5.92 Å². The summed E-state index contributed by atoms with van der Waals surface area (Å²) < 4.78 is 2.03. The number of aromatic nitrogens is 2. The highest BCUT2D eigenvalue weighted by Crippen LogP contribution is 2.41. The summed E-state index contributed by atoms with van der Waals surface area (Å²) in [6.07, 6.45) is 6.97. The van der Waals surface area contributed by atoms with Gasteiger partial charge in [-0.15, -0.1) is 0 Å². The molecule has 1 saturated carbocycles. The lowest BCUT2D eigenvalue weighted by molar-refractivity contribution is 0.247. The lowest BCUT2D eigenvalue weighted by atomic mass is 9.71. The zero-order valence-corrected chi connectivity index (χ0v) is 9.74. The molecule has 1 fully saturated rings. The van der Waals surface area contributed by atoms with E-state index in [1.54, 1.807) is 0 Å². The van der Waals surface area contributed by atoms with Crippen molar-refractivity contribution < 1.29 is 0 Å². The molecule has 0 aromatic carbocycles. The molecule has 3 heteroatoms. The standard InChI is InChI=1S/C12H21N3/c1-3-13-7-10-5-6-12(10)11-8-14-15(4-2)9-11/h8-10,12-13H,3-7H2,1-2H3. The molecule has 0 radical (unpaired) electrons. The number of nitrogens with zero attached hydrogens (tertiary/aromatic N) is 2. The normalized spacial score (nSPS) is 25.2. The minimum absolute atomic E-state index is 0.754. The van der Waals surface area contributed by atoms with Gasteiger partial charge in [0.25, 0.3) is 0 Å². The van der Waals surface area contributed by atoms with Crippen LogP contribution >= 0.6 is 0 Å². The Bertz CT molecular complexity index is 306. The maximum atomic E-state index is 4.35. The summed E-state index contributed by atoms with van der Waals surface area (Å²) in [6.45, 7) is 7.52. The van der Waals surface area contributed by atoms with E-state index < -0.39 is 0 Å². The van der Waals surface area contributed by atoms with Crippen molar-refractivity contribution in [1.82, 2.24) is 15.1 Å². The molecule has 1 aliphatic rings. The molecule has 0 bridgehead atoms. The maximum absolute atomic E-state index is 4.35. The molecule has 2 unspecified atom stereocenters. The fourth-order valence-electron chi connectivity index (χ4n) is 2.33. The van der Waals surface area contributed by atoms with E-state index in [-0.39, 0.29) is 0 Å². The van der Waals surface area contributed by atoms with Crippen LogP contribution in [0.1, 0.15) is 38.2 Å². The van der Waals surface area contributed by atoms with Crippen molar-refractivity contribution in [2.45, 2.75) is 39.2 Å². The molecule has 0 amide bonds. The van der Waals surface area contributed by atoms with Crippen molar-refractivity contribution in [2.75, 3.05) is 13.1 Å². The molecule has 1 aromatic heterocycles. The lowest BCUT2D eigenvalue weighted by Crippen LogP contribution is -2.33. The van der Waals surface area contributed by atoms with Crippen LogP contribution in [0.4, 0.5) is 0 Å². The smallest absolute Gasteiger partial charge is 0.0524 e. The van der Waals surface area contributed by atoms with E-state index in [0.717, 1.165) is 24.9 Å². The molecule has 3 nitrogen and oxygen atoms in total. The summed E-state index contributed by atoms with van der Waals surface area (Å²) >= 11 is 0. The average molecular weight is 207 g/mol. The molecule has 1 N–H and O–H groups in total. The van der Waals surface area contributed by atoms with Crippen LogP contribution in [-0.2, 0) is 6.54 Å². The number of nitrogens with one attached hydrogen (secondary N) is 1. The van der Waals surface area contributed by atoms with Gasteiger partial charge in [0.1, 0.15) is 0 Å². The van der Waals surface area contributed by atoms with Crippen molar-refractivity contribution in [3.63, 3.8) is 0 Å². The van der Waals surface area contributed by atoms with E-state index in [9.17, 15) is 0 Å². The van der Waals surface area contributed by atoms with Gasteiger partial charge in [0, 0.05) is 12.7 Å².